The van der Waals surface area contributed by atoms with Crippen LogP contribution in [0, 0.1) is 5.92 Å². The van der Waals surface area contributed by atoms with Crippen LogP contribution in [0.3, 0.4) is 0 Å². The lowest BCUT2D eigenvalue weighted by Gasteiger charge is -2.24. The van der Waals surface area contributed by atoms with Gasteiger partial charge in [-0.15, -0.1) is 0 Å². The molecule has 100 valence electrons. The van der Waals surface area contributed by atoms with Gasteiger partial charge in [-0.3, -0.25) is 9.78 Å². The third-order valence-corrected chi connectivity index (χ3v) is 3.89. The number of likely N-dealkylation sites (tertiary alicyclic amines) is 1. The highest BCUT2D eigenvalue weighted by molar-refractivity contribution is 6.00. The number of carbonyl (C=O) groups is 1. The molecule has 0 spiro atoms. The molecule has 0 radical (unpaired) electrons. The zero-order valence-electron chi connectivity index (χ0n) is 10.7. The van der Waals surface area contributed by atoms with E-state index in [2.05, 4.69) is 17.0 Å². The maximum atomic E-state index is 12.6. The predicted octanol–water partition coefficient (Wildman–Crippen LogP) is 0.572. The highest BCUT2D eigenvalue weighted by Crippen LogP contribution is 2.26. The summed E-state index contributed by atoms with van der Waals surface area (Å²) in [5, 5.41) is 13.6. The molecule has 6 nitrogen and oxygen atoms in total. The smallest absolute Gasteiger partial charge is 0.258 e. The highest BCUT2D eigenvalue weighted by atomic mass is 16.3. The van der Waals surface area contributed by atoms with Crippen LogP contribution in [0.1, 0.15) is 23.7 Å². The Morgan fingerprint density at radius 3 is 3.16 bits per heavy atom. The topological polar surface area (TPSA) is 70.7 Å². The lowest BCUT2D eigenvalue weighted by Crippen LogP contribution is -2.39. The minimum atomic E-state index is -0.0980. The summed E-state index contributed by atoms with van der Waals surface area (Å²) in [6.45, 7) is 2.75. The summed E-state index contributed by atoms with van der Waals surface area (Å²) in [5.41, 5.74) is 1.24. The Balaban J connectivity index is 1.96. The first-order chi connectivity index (χ1) is 9.22. The number of amides is 1. The number of aliphatic hydroxyl groups excluding tert-OH is 1. The summed E-state index contributed by atoms with van der Waals surface area (Å²) in [5.74, 6) is 0.250. The number of nitrogens with zero attached hydrogens (tertiary/aromatic N) is 4. The molecule has 2 aromatic heterocycles. The standard InChI is InChI=1S/C13H16N4O2/c1-9-2-4-16(12(9)8-18)13(19)10-6-15-17-5-3-14-7-11(10)17/h3,5-7,9,12,18H,2,4,8H2,1H3. The molecule has 1 amide bonds. The van der Waals surface area contributed by atoms with Crippen molar-refractivity contribution in [3.8, 4) is 0 Å². The molecule has 1 aliphatic heterocycles. The average molecular weight is 260 g/mol. The van der Waals surface area contributed by atoms with Gasteiger partial charge >= 0.3 is 0 Å². The molecule has 0 aromatic carbocycles. The maximum absolute atomic E-state index is 12.6. The minimum absolute atomic E-state index is 0.00433. The normalized spacial score (nSPS) is 23.2. The quantitative estimate of drug-likeness (QED) is 0.857. The van der Waals surface area contributed by atoms with Gasteiger partial charge in [-0.2, -0.15) is 5.10 Å². The third kappa shape index (κ3) is 1.88. The zero-order valence-corrected chi connectivity index (χ0v) is 10.7. The van der Waals surface area contributed by atoms with Crippen molar-refractivity contribution < 1.29 is 9.90 Å². The van der Waals surface area contributed by atoms with E-state index in [0.717, 1.165) is 6.42 Å². The largest absolute Gasteiger partial charge is 0.394 e. The molecule has 2 aromatic rings. The molecule has 0 saturated carbocycles. The van der Waals surface area contributed by atoms with Crippen molar-refractivity contribution in [3.05, 3.63) is 30.4 Å². The van der Waals surface area contributed by atoms with E-state index in [1.807, 2.05) is 0 Å². The molecule has 3 heterocycles. The van der Waals surface area contributed by atoms with E-state index >= 15 is 0 Å². The molecule has 1 saturated heterocycles. The van der Waals surface area contributed by atoms with Crippen LogP contribution in [0.4, 0.5) is 0 Å². The molecule has 6 heteroatoms. The van der Waals surface area contributed by atoms with E-state index in [1.165, 1.54) is 0 Å². The van der Waals surface area contributed by atoms with Crippen LogP contribution in [-0.2, 0) is 0 Å². The van der Waals surface area contributed by atoms with Crippen molar-refractivity contribution in [2.24, 2.45) is 5.92 Å². The molecule has 1 fully saturated rings. The first kappa shape index (κ1) is 12.1. The summed E-state index contributed by atoms with van der Waals surface area (Å²) in [6.07, 6.45) is 7.46. The number of rotatable bonds is 2. The molecule has 1 aliphatic rings. The third-order valence-electron chi connectivity index (χ3n) is 3.89. The van der Waals surface area contributed by atoms with E-state index in [1.54, 1.807) is 34.2 Å². The van der Waals surface area contributed by atoms with Crippen molar-refractivity contribution in [1.82, 2.24) is 19.5 Å². The SMILES string of the molecule is CC1CCN(C(=O)c2cnn3ccncc23)C1CO. The number of aliphatic hydroxyl groups is 1. The van der Waals surface area contributed by atoms with Gasteiger partial charge in [0, 0.05) is 18.9 Å². The molecule has 0 aliphatic carbocycles. The summed E-state index contributed by atoms with van der Waals surface area (Å²) >= 11 is 0. The van der Waals surface area contributed by atoms with Crippen LogP contribution >= 0.6 is 0 Å². The second-order valence-corrected chi connectivity index (χ2v) is 4.98. The zero-order chi connectivity index (χ0) is 13.4. The Bertz CT molecular complexity index is 609. The Labute approximate surface area is 110 Å². The van der Waals surface area contributed by atoms with Gasteiger partial charge in [0.1, 0.15) is 0 Å². The monoisotopic (exact) mass is 260 g/mol. The molecule has 3 rings (SSSR count). The number of hydrogen-bond donors (Lipinski definition) is 1. The van der Waals surface area contributed by atoms with Crippen molar-refractivity contribution in [1.29, 1.82) is 0 Å². The number of fused-ring (bicyclic) bond motifs is 1. The number of carbonyl (C=O) groups excluding carboxylic acids is 1. The van der Waals surface area contributed by atoms with Crippen LogP contribution in [0.15, 0.2) is 24.8 Å². The van der Waals surface area contributed by atoms with Gasteiger partial charge < -0.3 is 10.0 Å². The van der Waals surface area contributed by atoms with Crippen LogP contribution in [-0.4, -0.2) is 49.7 Å². The van der Waals surface area contributed by atoms with Gasteiger partial charge in [-0.05, 0) is 12.3 Å². The summed E-state index contributed by atoms with van der Waals surface area (Å²) in [4.78, 5) is 18.3. The summed E-state index contributed by atoms with van der Waals surface area (Å²) in [7, 11) is 0. The molecule has 2 unspecified atom stereocenters. The molecule has 2 atom stereocenters. The second kappa shape index (κ2) is 4.62. The predicted molar refractivity (Wildman–Crippen MR) is 68.7 cm³/mol. The number of aromatic nitrogens is 3. The van der Waals surface area contributed by atoms with E-state index in [4.69, 9.17) is 0 Å². The summed E-state index contributed by atoms with van der Waals surface area (Å²) < 4.78 is 1.63. The Morgan fingerprint density at radius 1 is 1.53 bits per heavy atom. The second-order valence-electron chi connectivity index (χ2n) is 4.98. The Morgan fingerprint density at radius 2 is 2.37 bits per heavy atom. The molecular formula is C13H16N4O2. The lowest BCUT2D eigenvalue weighted by molar-refractivity contribution is 0.0650. The van der Waals surface area contributed by atoms with Crippen LogP contribution in [0.2, 0.25) is 0 Å². The average Bonchev–Trinajstić information content (AvgIpc) is 3.01. The van der Waals surface area contributed by atoms with Crippen molar-refractivity contribution in [3.63, 3.8) is 0 Å². The van der Waals surface area contributed by atoms with Crippen LogP contribution in [0.5, 0.6) is 0 Å². The van der Waals surface area contributed by atoms with Gasteiger partial charge in [-0.25, -0.2) is 4.52 Å². The molecule has 19 heavy (non-hydrogen) atoms. The fourth-order valence-corrected chi connectivity index (χ4v) is 2.69. The summed E-state index contributed by atoms with van der Waals surface area (Å²) in [6, 6.07) is -0.0980. The van der Waals surface area contributed by atoms with Crippen LogP contribution in [0.25, 0.3) is 5.52 Å². The van der Waals surface area contributed by atoms with Gasteiger partial charge in [0.2, 0.25) is 0 Å². The molecular weight excluding hydrogens is 244 g/mol. The molecule has 0 bridgehead atoms. The van der Waals surface area contributed by atoms with Gasteiger partial charge in [0.15, 0.2) is 0 Å². The fraction of sp³-hybridized carbons (Fsp3) is 0.462. The van der Waals surface area contributed by atoms with Crippen LogP contribution < -0.4 is 0 Å². The van der Waals surface area contributed by atoms with E-state index in [9.17, 15) is 9.90 Å². The van der Waals surface area contributed by atoms with E-state index < -0.39 is 0 Å². The fourth-order valence-electron chi connectivity index (χ4n) is 2.69. The van der Waals surface area contributed by atoms with Crippen molar-refractivity contribution >= 4 is 11.4 Å². The van der Waals surface area contributed by atoms with Gasteiger partial charge in [0.05, 0.1) is 36.1 Å². The van der Waals surface area contributed by atoms with Crippen molar-refractivity contribution in [2.45, 2.75) is 19.4 Å². The number of hydrogen-bond acceptors (Lipinski definition) is 4. The van der Waals surface area contributed by atoms with Gasteiger partial charge in [0.25, 0.3) is 5.91 Å². The Hall–Kier alpha value is -1.95. The first-order valence-electron chi connectivity index (χ1n) is 6.41. The highest BCUT2D eigenvalue weighted by Gasteiger charge is 2.35. The molecule has 1 N–H and O–H groups in total. The lowest BCUT2D eigenvalue weighted by atomic mass is 10.0. The minimum Gasteiger partial charge on any atom is -0.394 e. The van der Waals surface area contributed by atoms with Gasteiger partial charge in [-0.1, -0.05) is 6.92 Å². The Kier molecular flexibility index (Phi) is 2.94. The van der Waals surface area contributed by atoms with E-state index in [-0.39, 0.29) is 18.6 Å². The van der Waals surface area contributed by atoms with Crippen molar-refractivity contribution in [2.75, 3.05) is 13.2 Å². The maximum Gasteiger partial charge on any atom is 0.258 e. The van der Waals surface area contributed by atoms with E-state index in [0.29, 0.717) is 23.5 Å². The first-order valence-corrected chi connectivity index (χ1v) is 6.41.